The SMILES string of the molecule is CC(C)c1cccc(C(C)C)c1-n1c(=O)c2ccc3c4ccc5c(=O)n(-c6c(C(C)C)cccc6C(C)C)c(=O)c6cc7c8c9cc%10ccccc%10cc9ccc8c8cc(c1=O)c2c3c8c7c4c56. The third-order valence-corrected chi connectivity index (χ3v) is 15.4. The van der Waals surface area contributed by atoms with E-state index in [0.717, 1.165) is 97.7 Å². The van der Waals surface area contributed by atoms with Crippen LogP contribution < -0.4 is 22.2 Å². The largest absolute Gasteiger partial charge is 0.268 e. The van der Waals surface area contributed by atoms with Gasteiger partial charge >= 0.3 is 0 Å². The first-order valence-corrected chi connectivity index (χ1v) is 24.0. The first-order valence-electron chi connectivity index (χ1n) is 24.0. The van der Waals surface area contributed by atoms with E-state index in [4.69, 9.17) is 0 Å². The summed E-state index contributed by atoms with van der Waals surface area (Å²) in [5, 5.41) is 16.5. The number of hydrogen-bond acceptors (Lipinski definition) is 4. The van der Waals surface area contributed by atoms with Crippen LogP contribution in [0, 0.1) is 0 Å². The van der Waals surface area contributed by atoms with Crippen molar-refractivity contribution >= 4 is 108 Å². The molecule has 13 rings (SSSR count). The molecule has 0 saturated heterocycles. The molecule has 0 spiro atoms. The van der Waals surface area contributed by atoms with Gasteiger partial charge in [-0.1, -0.05) is 140 Å². The highest BCUT2D eigenvalue weighted by molar-refractivity contribution is 6.50. The summed E-state index contributed by atoms with van der Waals surface area (Å²) in [5.41, 5.74) is 3.78. The van der Waals surface area contributed by atoms with Crippen LogP contribution in [0.1, 0.15) is 101 Å². The Kier molecular flexibility index (Phi) is 8.31. The molecule has 0 unspecified atom stereocenters. The molecule has 11 aromatic carbocycles. The van der Waals surface area contributed by atoms with Crippen LogP contribution in [0.5, 0.6) is 0 Å². The predicted octanol–water partition coefficient (Wildman–Crippen LogP) is 14.5. The third kappa shape index (κ3) is 5.07. The highest BCUT2D eigenvalue weighted by Crippen LogP contribution is 2.52. The summed E-state index contributed by atoms with van der Waals surface area (Å²) in [7, 11) is 0. The van der Waals surface area contributed by atoms with Crippen LogP contribution >= 0.6 is 0 Å². The van der Waals surface area contributed by atoms with Crippen molar-refractivity contribution in [1.82, 2.24) is 9.13 Å². The normalized spacial score (nSPS) is 12.9. The fourth-order valence-electron chi connectivity index (χ4n) is 12.3. The Balaban J connectivity index is 1.30. The van der Waals surface area contributed by atoms with Gasteiger partial charge in [0.1, 0.15) is 0 Å². The number of nitrogens with zero attached hydrogens (tertiary/aromatic N) is 2. The Morgan fingerprint density at radius 2 is 0.647 bits per heavy atom. The van der Waals surface area contributed by atoms with E-state index in [2.05, 4.69) is 104 Å². The van der Waals surface area contributed by atoms with E-state index in [9.17, 15) is 0 Å². The lowest BCUT2D eigenvalue weighted by molar-refractivity contribution is 0.792. The molecular formula is C62H48N2O4. The molecule has 68 heavy (non-hydrogen) atoms. The van der Waals surface area contributed by atoms with Crippen LogP contribution in [0.3, 0.4) is 0 Å². The molecule has 6 heteroatoms. The number of aromatic nitrogens is 2. The van der Waals surface area contributed by atoms with E-state index in [1.807, 2.05) is 72.8 Å². The molecule has 0 aliphatic heterocycles. The fraction of sp³-hybridized carbons (Fsp3) is 0.194. The van der Waals surface area contributed by atoms with Gasteiger partial charge < -0.3 is 0 Å². The van der Waals surface area contributed by atoms with E-state index in [1.54, 1.807) is 0 Å². The van der Waals surface area contributed by atoms with Crippen molar-refractivity contribution in [2.24, 2.45) is 0 Å². The second kappa shape index (κ2) is 13.9. The number of hydrogen-bond donors (Lipinski definition) is 0. The van der Waals surface area contributed by atoms with E-state index in [1.165, 1.54) is 9.13 Å². The monoisotopic (exact) mass is 884 g/mol. The average Bonchev–Trinajstić information content (AvgIpc) is 3.33. The highest BCUT2D eigenvalue weighted by atomic mass is 16.2. The van der Waals surface area contributed by atoms with Crippen molar-refractivity contribution in [2.45, 2.75) is 79.1 Å². The summed E-state index contributed by atoms with van der Waals surface area (Å²) >= 11 is 0. The standard InChI is InChI=1S/C62H48N2O4/c1-29(2)36-15-11-16-37(30(3)4)57(36)63-59(65)43-23-21-40-41-22-24-44-52-49(62(68)64(60(44)66)58-38(31(5)6)17-12-18-39(58)32(7)8)28-47-50-42(20-19-35-25-33-13-9-10-14-34(33)26-45(35)50)46-27-48(61(63)67)51(43)53(40)55(46)56(47)54(41)52/h9-32H,1-8H3. The minimum Gasteiger partial charge on any atom is -0.268 e. The zero-order valence-electron chi connectivity index (χ0n) is 39.4. The van der Waals surface area contributed by atoms with Gasteiger partial charge in [-0.05, 0) is 158 Å². The van der Waals surface area contributed by atoms with Crippen molar-refractivity contribution in [2.75, 3.05) is 0 Å². The lowest BCUT2D eigenvalue weighted by Gasteiger charge is -2.25. The number of benzene rings is 11. The van der Waals surface area contributed by atoms with E-state index < -0.39 is 0 Å². The summed E-state index contributed by atoms with van der Waals surface area (Å²) in [4.78, 5) is 61.8. The van der Waals surface area contributed by atoms with Crippen molar-refractivity contribution in [3.63, 3.8) is 0 Å². The summed E-state index contributed by atoms with van der Waals surface area (Å²) in [6.45, 7) is 16.8. The lowest BCUT2D eigenvalue weighted by atomic mass is 9.80. The van der Waals surface area contributed by atoms with Crippen molar-refractivity contribution in [3.8, 4) is 11.4 Å². The molecule has 2 aromatic heterocycles. The molecule has 13 aromatic rings. The first kappa shape index (κ1) is 40.6. The molecule has 0 atom stereocenters. The maximum absolute atomic E-state index is 15.7. The van der Waals surface area contributed by atoms with Crippen LogP contribution in [-0.4, -0.2) is 9.13 Å². The van der Waals surface area contributed by atoms with Crippen LogP contribution in [0.15, 0.2) is 141 Å². The molecular weight excluding hydrogens is 837 g/mol. The molecule has 0 amide bonds. The smallest absolute Gasteiger partial charge is 0.266 e. The van der Waals surface area contributed by atoms with Crippen molar-refractivity contribution in [3.05, 3.63) is 185 Å². The Bertz CT molecular complexity index is 4540. The summed E-state index contributed by atoms with van der Waals surface area (Å²) in [6.07, 6.45) is 0. The van der Waals surface area contributed by atoms with Gasteiger partial charge in [0, 0.05) is 32.3 Å². The van der Waals surface area contributed by atoms with Crippen LogP contribution in [0.25, 0.3) is 119 Å². The molecule has 0 radical (unpaired) electrons. The predicted molar refractivity (Wildman–Crippen MR) is 286 cm³/mol. The number of rotatable bonds is 6. The fourth-order valence-corrected chi connectivity index (χ4v) is 12.3. The minimum absolute atomic E-state index is 0.0559. The first-order chi connectivity index (χ1) is 32.8. The maximum atomic E-state index is 15.7. The second-order valence-electron chi connectivity index (χ2n) is 20.5. The number of pyridine rings is 2. The van der Waals surface area contributed by atoms with Crippen molar-refractivity contribution in [1.29, 1.82) is 0 Å². The van der Waals surface area contributed by atoms with Crippen LogP contribution in [0.2, 0.25) is 0 Å². The van der Waals surface area contributed by atoms with Gasteiger partial charge in [-0.25, -0.2) is 9.13 Å². The topological polar surface area (TPSA) is 78.1 Å². The van der Waals surface area contributed by atoms with Gasteiger partial charge in [0.25, 0.3) is 22.2 Å². The van der Waals surface area contributed by atoms with Gasteiger partial charge in [0.2, 0.25) is 0 Å². The zero-order chi connectivity index (χ0) is 46.9. The molecule has 0 bridgehead atoms. The zero-order valence-corrected chi connectivity index (χ0v) is 39.4. The van der Waals surface area contributed by atoms with E-state index in [-0.39, 0.29) is 45.9 Å². The molecule has 0 aliphatic carbocycles. The van der Waals surface area contributed by atoms with Crippen molar-refractivity contribution < 1.29 is 0 Å². The van der Waals surface area contributed by atoms with Gasteiger partial charge in [-0.15, -0.1) is 0 Å². The Morgan fingerprint density at radius 3 is 1.12 bits per heavy atom. The van der Waals surface area contributed by atoms with Gasteiger partial charge in [0.05, 0.1) is 11.4 Å². The average molecular weight is 885 g/mol. The molecule has 0 fully saturated rings. The van der Waals surface area contributed by atoms with Gasteiger partial charge in [-0.3, -0.25) is 19.2 Å². The molecule has 2 heterocycles. The Labute approximate surface area is 390 Å². The quantitative estimate of drug-likeness (QED) is 0.123. The van der Waals surface area contributed by atoms with Crippen LogP contribution in [0.4, 0.5) is 0 Å². The number of para-hydroxylation sites is 2. The van der Waals surface area contributed by atoms with Gasteiger partial charge in [0.15, 0.2) is 0 Å². The molecule has 6 nitrogen and oxygen atoms in total. The Hall–Kier alpha value is -7.70. The molecule has 0 saturated carbocycles. The third-order valence-electron chi connectivity index (χ3n) is 15.4. The van der Waals surface area contributed by atoms with Gasteiger partial charge in [-0.2, -0.15) is 0 Å². The summed E-state index contributed by atoms with van der Waals surface area (Å²) in [5.74, 6) is 0.229. The lowest BCUT2D eigenvalue weighted by Crippen LogP contribution is -2.34. The molecule has 0 aliphatic rings. The van der Waals surface area contributed by atoms with E-state index >= 15 is 19.2 Å². The molecule has 330 valence electrons. The minimum atomic E-state index is -0.342. The second-order valence-corrected chi connectivity index (χ2v) is 20.5. The highest BCUT2D eigenvalue weighted by Gasteiger charge is 2.30. The molecule has 0 N–H and O–H groups in total. The Morgan fingerprint density at radius 1 is 0.279 bits per heavy atom. The maximum Gasteiger partial charge on any atom is 0.266 e. The van der Waals surface area contributed by atoms with Crippen LogP contribution in [-0.2, 0) is 0 Å². The summed E-state index contributed by atoms with van der Waals surface area (Å²) < 4.78 is 2.90. The number of fused-ring (bicyclic) bond motifs is 7. The van der Waals surface area contributed by atoms with E-state index in [0.29, 0.717) is 43.7 Å². The summed E-state index contributed by atoms with van der Waals surface area (Å²) in [6, 6.07) is 41.3.